The Morgan fingerprint density at radius 2 is 1.85 bits per heavy atom. The maximum absolute atomic E-state index is 12.9. The van der Waals surface area contributed by atoms with Gasteiger partial charge in [-0.2, -0.15) is 0 Å². The Morgan fingerprint density at radius 1 is 1.07 bits per heavy atom. The Labute approximate surface area is 165 Å². The van der Waals surface area contributed by atoms with Crippen LogP contribution in [0.25, 0.3) is 0 Å². The highest BCUT2D eigenvalue weighted by molar-refractivity contribution is 6.30. The van der Waals surface area contributed by atoms with Crippen molar-refractivity contribution >= 4 is 23.4 Å². The zero-order valence-electron chi connectivity index (χ0n) is 15.4. The summed E-state index contributed by atoms with van der Waals surface area (Å²) in [5.74, 6) is -0.236. The molecule has 1 unspecified atom stereocenters. The van der Waals surface area contributed by atoms with Crippen molar-refractivity contribution in [1.29, 1.82) is 0 Å². The van der Waals surface area contributed by atoms with Gasteiger partial charge in [0.2, 0.25) is 11.8 Å². The lowest BCUT2D eigenvalue weighted by Crippen LogP contribution is -2.37. The summed E-state index contributed by atoms with van der Waals surface area (Å²) in [5.41, 5.74) is 2.07. The summed E-state index contributed by atoms with van der Waals surface area (Å²) in [6, 6.07) is 17.4. The lowest BCUT2D eigenvalue weighted by molar-refractivity contribution is -0.138. The summed E-state index contributed by atoms with van der Waals surface area (Å²) in [7, 11) is 0. The van der Waals surface area contributed by atoms with Gasteiger partial charge in [-0.05, 0) is 36.1 Å². The lowest BCUT2D eigenvalue weighted by Gasteiger charge is -2.24. The fourth-order valence-corrected chi connectivity index (χ4v) is 3.69. The molecular weight excluding hydrogens is 360 g/mol. The molecule has 1 saturated heterocycles. The first kappa shape index (κ1) is 19.4. The quantitative estimate of drug-likeness (QED) is 0.812. The third-order valence-electron chi connectivity index (χ3n) is 4.92. The first-order chi connectivity index (χ1) is 13.1. The molecule has 3 rings (SSSR count). The normalized spacial score (nSPS) is 17.4. The minimum absolute atomic E-state index is 0.0881. The van der Waals surface area contributed by atoms with Crippen LogP contribution in [0, 0.1) is 5.92 Å². The number of benzene rings is 2. The van der Waals surface area contributed by atoms with Gasteiger partial charge < -0.3 is 10.2 Å². The predicted octanol–water partition coefficient (Wildman–Crippen LogP) is 4.18. The Morgan fingerprint density at radius 3 is 2.63 bits per heavy atom. The molecule has 27 heavy (non-hydrogen) atoms. The van der Waals surface area contributed by atoms with Crippen molar-refractivity contribution in [3.05, 3.63) is 70.7 Å². The van der Waals surface area contributed by atoms with E-state index in [-0.39, 0.29) is 24.2 Å². The summed E-state index contributed by atoms with van der Waals surface area (Å²) >= 11 is 5.97. The molecule has 4 nitrogen and oxygen atoms in total. The minimum atomic E-state index is -0.240. The van der Waals surface area contributed by atoms with Crippen LogP contribution in [-0.2, 0) is 22.7 Å². The van der Waals surface area contributed by atoms with Crippen LogP contribution >= 0.6 is 11.6 Å². The molecule has 5 heteroatoms. The fraction of sp³-hybridized carbons (Fsp3) is 0.364. The third kappa shape index (κ3) is 5.83. The molecule has 2 amide bonds. The molecule has 142 valence electrons. The molecule has 2 aromatic rings. The molecule has 1 fully saturated rings. The molecule has 0 spiro atoms. The number of hydrogen-bond donors (Lipinski definition) is 1. The molecular formula is C22H25ClN2O2. The topological polar surface area (TPSA) is 49.4 Å². The number of likely N-dealkylation sites (tertiary alicyclic amines) is 1. The number of hydrogen-bond acceptors (Lipinski definition) is 2. The second-order valence-electron chi connectivity index (χ2n) is 7.05. The Balaban J connectivity index is 1.56. The molecule has 1 atom stereocenters. The van der Waals surface area contributed by atoms with E-state index in [0.717, 1.165) is 36.9 Å². The van der Waals surface area contributed by atoms with Gasteiger partial charge in [-0.15, -0.1) is 0 Å². The van der Waals surface area contributed by atoms with Crippen molar-refractivity contribution in [2.75, 3.05) is 6.54 Å². The molecule has 1 N–H and O–H groups in total. The summed E-state index contributed by atoms with van der Waals surface area (Å²) in [5, 5.41) is 3.56. The second-order valence-corrected chi connectivity index (χ2v) is 7.49. The molecule has 0 saturated carbocycles. The van der Waals surface area contributed by atoms with Gasteiger partial charge in [0.15, 0.2) is 0 Å². The van der Waals surface area contributed by atoms with Crippen LogP contribution in [0.15, 0.2) is 54.6 Å². The van der Waals surface area contributed by atoms with Gasteiger partial charge in [-0.1, -0.05) is 60.5 Å². The molecule has 0 aliphatic carbocycles. The molecule has 0 aromatic heterocycles. The van der Waals surface area contributed by atoms with Crippen molar-refractivity contribution in [1.82, 2.24) is 10.2 Å². The first-order valence-corrected chi connectivity index (χ1v) is 9.83. The maximum atomic E-state index is 12.9. The van der Waals surface area contributed by atoms with E-state index in [1.165, 1.54) is 0 Å². The number of halogens is 1. The van der Waals surface area contributed by atoms with Crippen LogP contribution in [-0.4, -0.2) is 23.3 Å². The van der Waals surface area contributed by atoms with E-state index < -0.39 is 0 Å². The smallest absolute Gasteiger partial charge is 0.226 e. The Bertz CT molecular complexity index is 779. The van der Waals surface area contributed by atoms with Crippen molar-refractivity contribution in [3.63, 3.8) is 0 Å². The number of amides is 2. The van der Waals surface area contributed by atoms with Gasteiger partial charge in [-0.3, -0.25) is 9.59 Å². The highest BCUT2D eigenvalue weighted by atomic mass is 35.5. The van der Waals surface area contributed by atoms with Crippen LogP contribution in [0.5, 0.6) is 0 Å². The van der Waals surface area contributed by atoms with E-state index >= 15 is 0 Å². The van der Waals surface area contributed by atoms with E-state index in [1.807, 2.05) is 53.4 Å². The second kappa shape index (κ2) is 9.56. The van der Waals surface area contributed by atoms with Gasteiger partial charge in [0.1, 0.15) is 0 Å². The number of carbonyl (C=O) groups excluding carboxylic acids is 2. The number of nitrogens with one attached hydrogen (secondary N) is 1. The van der Waals surface area contributed by atoms with E-state index in [1.54, 1.807) is 6.07 Å². The molecule has 1 aliphatic heterocycles. The van der Waals surface area contributed by atoms with E-state index in [2.05, 4.69) is 5.32 Å². The molecule has 2 aromatic carbocycles. The van der Waals surface area contributed by atoms with Gasteiger partial charge in [0, 0.05) is 37.0 Å². The van der Waals surface area contributed by atoms with Crippen molar-refractivity contribution in [2.24, 2.45) is 5.92 Å². The van der Waals surface area contributed by atoms with Crippen LogP contribution < -0.4 is 5.32 Å². The van der Waals surface area contributed by atoms with Crippen molar-refractivity contribution in [3.8, 4) is 0 Å². The summed E-state index contributed by atoms with van der Waals surface area (Å²) in [6.45, 7) is 1.79. The van der Waals surface area contributed by atoms with Crippen LogP contribution in [0.2, 0.25) is 5.02 Å². The van der Waals surface area contributed by atoms with Crippen LogP contribution in [0.4, 0.5) is 0 Å². The lowest BCUT2D eigenvalue weighted by atomic mass is 9.98. The van der Waals surface area contributed by atoms with E-state index in [4.69, 9.17) is 11.6 Å². The fourth-order valence-electron chi connectivity index (χ4n) is 3.48. The van der Waals surface area contributed by atoms with Crippen molar-refractivity contribution in [2.45, 2.75) is 38.8 Å². The Hall–Kier alpha value is -2.33. The largest absolute Gasteiger partial charge is 0.352 e. The summed E-state index contributed by atoms with van der Waals surface area (Å²) < 4.78 is 0. The maximum Gasteiger partial charge on any atom is 0.226 e. The average Bonchev–Trinajstić information content (AvgIpc) is 2.83. The highest BCUT2D eigenvalue weighted by Gasteiger charge is 2.28. The Kier molecular flexibility index (Phi) is 6.88. The van der Waals surface area contributed by atoms with E-state index in [0.29, 0.717) is 18.1 Å². The third-order valence-corrected chi connectivity index (χ3v) is 5.15. The zero-order chi connectivity index (χ0) is 19.1. The zero-order valence-corrected chi connectivity index (χ0v) is 16.1. The van der Waals surface area contributed by atoms with Gasteiger partial charge in [0.05, 0.1) is 0 Å². The van der Waals surface area contributed by atoms with E-state index in [9.17, 15) is 9.59 Å². The number of carbonyl (C=O) groups is 2. The molecule has 0 bridgehead atoms. The van der Waals surface area contributed by atoms with Gasteiger partial charge >= 0.3 is 0 Å². The first-order valence-electron chi connectivity index (χ1n) is 9.45. The minimum Gasteiger partial charge on any atom is -0.352 e. The van der Waals surface area contributed by atoms with Gasteiger partial charge in [0.25, 0.3) is 0 Å². The van der Waals surface area contributed by atoms with Crippen LogP contribution in [0.3, 0.4) is 0 Å². The number of rotatable bonds is 6. The summed E-state index contributed by atoms with van der Waals surface area (Å²) in [6.07, 6.45) is 2.97. The molecule has 1 heterocycles. The molecule has 1 aliphatic rings. The van der Waals surface area contributed by atoms with Crippen molar-refractivity contribution < 1.29 is 9.59 Å². The van der Waals surface area contributed by atoms with Gasteiger partial charge in [-0.25, -0.2) is 0 Å². The molecule has 0 radical (unpaired) electrons. The average molecular weight is 385 g/mol. The SMILES string of the molecule is O=C(CC1CCCCN(Cc2ccccc2)C1=O)NCc1cccc(Cl)c1. The summed E-state index contributed by atoms with van der Waals surface area (Å²) in [4.78, 5) is 27.2. The van der Waals surface area contributed by atoms with Crippen LogP contribution in [0.1, 0.15) is 36.8 Å². The predicted molar refractivity (Wildman–Crippen MR) is 107 cm³/mol. The standard InChI is InChI=1S/C22H25ClN2O2/c23-20-11-6-9-18(13-20)15-24-21(26)14-19-10-4-5-12-25(22(19)27)16-17-7-2-1-3-8-17/h1-3,6-9,11,13,19H,4-5,10,12,14-16H2,(H,24,26). The number of nitrogens with zero attached hydrogens (tertiary/aromatic N) is 1. The monoisotopic (exact) mass is 384 g/mol. The highest BCUT2D eigenvalue weighted by Crippen LogP contribution is 2.22.